The summed E-state index contributed by atoms with van der Waals surface area (Å²) >= 11 is 5.50. The molecule has 0 fully saturated rings. The zero-order chi connectivity index (χ0) is 19.7. The number of aryl methyl sites for hydroxylation is 1. The second-order valence-corrected chi connectivity index (χ2v) is 6.61. The highest BCUT2D eigenvalue weighted by atomic mass is 32.1. The van der Waals surface area contributed by atoms with Crippen molar-refractivity contribution in [2.45, 2.75) is 19.9 Å². The molecule has 4 nitrogen and oxygen atoms in total. The molecule has 0 saturated heterocycles. The van der Waals surface area contributed by atoms with Crippen LogP contribution in [0.15, 0.2) is 53.7 Å². The highest BCUT2D eigenvalue weighted by Gasteiger charge is 2.35. The predicted molar refractivity (Wildman–Crippen MR) is 103 cm³/mol. The van der Waals surface area contributed by atoms with E-state index < -0.39 is 23.6 Å². The maximum absolute atomic E-state index is 13.7. The Kier molecular flexibility index (Phi) is 5.23. The summed E-state index contributed by atoms with van der Waals surface area (Å²) in [5, 5.41) is 3.40. The molecule has 27 heavy (non-hydrogen) atoms. The smallest absolute Gasteiger partial charge is 0.337 e. The summed E-state index contributed by atoms with van der Waals surface area (Å²) in [5.41, 5.74) is 3.03. The Morgan fingerprint density at radius 3 is 2.52 bits per heavy atom. The minimum absolute atomic E-state index is 0.276. The van der Waals surface area contributed by atoms with Crippen LogP contribution in [-0.2, 0) is 9.53 Å². The molecule has 3 rings (SSSR count). The summed E-state index contributed by atoms with van der Waals surface area (Å²) in [7, 11) is 1.27. The summed E-state index contributed by atoms with van der Waals surface area (Å²) in [6.07, 6.45) is 0. The van der Waals surface area contributed by atoms with Crippen LogP contribution in [0.3, 0.4) is 0 Å². The van der Waals surface area contributed by atoms with Gasteiger partial charge >= 0.3 is 5.97 Å². The minimum Gasteiger partial charge on any atom is -0.466 e. The molecule has 7 heteroatoms. The minimum atomic E-state index is -0.997. The molecule has 0 amide bonds. The second-order valence-electron chi connectivity index (χ2n) is 6.22. The second kappa shape index (κ2) is 7.44. The lowest BCUT2D eigenvalue weighted by molar-refractivity contribution is -0.136. The third-order valence-electron chi connectivity index (χ3n) is 4.43. The van der Waals surface area contributed by atoms with Crippen molar-refractivity contribution in [3.05, 3.63) is 76.5 Å². The third kappa shape index (κ3) is 3.55. The van der Waals surface area contributed by atoms with E-state index >= 15 is 0 Å². The van der Waals surface area contributed by atoms with E-state index in [-0.39, 0.29) is 5.57 Å². The SMILES string of the molecule is COC(=O)C1=C(C)N(c2cccc(C)c2)C(=S)N[C@H]1c1ccc(F)c(F)c1. The van der Waals surface area contributed by atoms with Gasteiger partial charge in [0.25, 0.3) is 0 Å². The number of esters is 1. The third-order valence-corrected chi connectivity index (χ3v) is 4.73. The average Bonchev–Trinajstić information content (AvgIpc) is 2.63. The number of rotatable bonds is 3. The van der Waals surface area contributed by atoms with Crippen LogP contribution in [0.5, 0.6) is 0 Å². The van der Waals surface area contributed by atoms with E-state index in [9.17, 15) is 13.6 Å². The molecule has 1 heterocycles. The topological polar surface area (TPSA) is 41.6 Å². The number of anilines is 1. The van der Waals surface area contributed by atoms with Crippen molar-refractivity contribution in [1.29, 1.82) is 0 Å². The van der Waals surface area contributed by atoms with Crippen LogP contribution in [0, 0.1) is 18.6 Å². The van der Waals surface area contributed by atoms with E-state index in [1.807, 2.05) is 31.2 Å². The van der Waals surface area contributed by atoms with Crippen LogP contribution in [0.1, 0.15) is 24.1 Å². The Hall–Kier alpha value is -2.80. The molecule has 1 atom stereocenters. The number of thiocarbonyl (C=S) groups is 1. The van der Waals surface area contributed by atoms with Gasteiger partial charge in [0.1, 0.15) is 0 Å². The van der Waals surface area contributed by atoms with Crippen LogP contribution in [0.25, 0.3) is 0 Å². The van der Waals surface area contributed by atoms with Gasteiger partial charge in [-0.15, -0.1) is 0 Å². The fourth-order valence-corrected chi connectivity index (χ4v) is 3.50. The number of ether oxygens (including phenoxy) is 1. The number of methoxy groups -OCH3 is 1. The molecular weight excluding hydrogens is 370 g/mol. The molecule has 0 unspecified atom stereocenters. The van der Waals surface area contributed by atoms with E-state index in [0.29, 0.717) is 16.4 Å². The standard InChI is InChI=1S/C20H18F2N2O2S/c1-11-5-4-6-14(9-11)24-12(2)17(19(25)26-3)18(23-20(24)27)13-7-8-15(21)16(22)10-13/h4-10,18H,1-3H3,(H,23,27)/t18-/m0/s1. The van der Waals surface area contributed by atoms with Crippen LogP contribution < -0.4 is 10.2 Å². The number of carbonyl (C=O) groups is 1. The van der Waals surface area contributed by atoms with Crippen LogP contribution in [-0.4, -0.2) is 18.2 Å². The van der Waals surface area contributed by atoms with Crippen molar-refractivity contribution in [2.75, 3.05) is 12.0 Å². The van der Waals surface area contributed by atoms with Crippen molar-refractivity contribution in [1.82, 2.24) is 5.32 Å². The molecule has 0 aliphatic carbocycles. The molecule has 1 aliphatic heterocycles. The maximum atomic E-state index is 13.7. The fourth-order valence-electron chi connectivity index (χ4n) is 3.14. The molecule has 1 N–H and O–H groups in total. The average molecular weight is 388 g/mol. The van der Waals surface area contributed by atoms with Crippen molar-refractivity contribution >= 4 is 29.0 Å². The maximum Gasteiger partial charge on any atom is 0.337 e. The Morgan fingerprint density at radius 2 is 1.89 bits per heavy atom. The van der Waals surface area contributed by atoms with Crippen LogP contribution in [0.2, 0.25) is 0 Å². The predicted octanol–water partition coefficient (Wildman–Crippen LogP) is 4.16. The Labute approximate surface area is 161 Å². The molecule has 0 saturated carbocycles. The number of carbonyl (C=O) groups excluding carboxylic acids is 1. The van der Waals surface area contributed by atoms with E-state index in [0.717, 1.165) is 23.4 Å². The van der Waals surface area contributed by atoms with Gasteiger partial charge in [0.15, 0.2) is 16.7 Å². The lowest BCUT2D eigenvalue weighted by Gasteiger charge is -2.37. The van der Waals surface area contributed by atoms with Gasteiger partial charge in [0, 0.05) is 11.4 Å². The van der Waals surface area contributed by atoms with Gasteiger partial charge in [-0.2, -0.15) is 0 Å². The molecular formula is C20H18F2N2O2S. The van der Waals surface area contributed by atoms with Crippen molar-refractivity contribution in [2.24, 2.45) is 0 Å². The molecule has 0 bridgehead atoms. The van der Waals surface area contributed by atoms with Crippen molar-refractivity contribution < 1.29 is 18.3 Å². The van der Waals surface area contributed by atoms with Gasteiger partial charge in [-0.05, 0) is 61.5 Å². The summed E-state index contributed by atoms with van der Waals surface area (Å²) in [5.74, 6) is -2.53. The van der Waals surface area contributed by atoms with E-state index in [4.69, 9.17) is 17.0 Å². The zero-order valence-electron chi connectivity index (χ0n) is 15.0. The van der Waals surface area contributed by atoms with E-state index in [1.165, 1.54) is 13.2 Å². The molecule has 1 aliphatic rings. The van der Waals surface area contributed by atoms with Gasteiger partial charge < -0.3 is 10.1 Å². The summed E-state index contributed by atoms with van der Waals surface area (Å²) in [6.45, 7) is 3.70. The van der Waals surface area contributed by atoms with Crippen LogP contribution >= 0.6 is 12.2 Å². The number of nitrogens with one attached hydrogen (secondary N) is 1. The monoisotopic (exact) mass is 388 g/mol. The first-order valence-corrected chi connectivity index (χ1v) is 8.65. The zero-order valence-corrected chi connectivity index (χ0v) is 15.9. The van der Waals surface area contributed by atoms with Crippen molar-refractivity contribution in [3.8, 4) is 0 Å². The van der Waals surface area contributed by atoms with Gasteiger partial charge in [-0.1, -0.05) is 18.2 Å². The van der Waals surface area contributed by atoms with Gasteiger partial charge in [-0.3, -0.25) is 4.90 Å². The normalized spacial score (nSPS) is 17.0. The first kappa shape index (κ1) is 19.0. The quantitative estimate of drug-likeness (QED) is 0.632. The first-order chi connectivity index (χ1) is 12.8. The molecule has 2 aromatic carbocycles. The summed E-state index contributed by atoms with van der Waals surface area (Å²) < 4.78 is 32.0. The lowest BCUT2D eigenvalue weighted by Crippen LogP contribution is -2.48. The van der Waals surface area contributed by atoms with Gasteiger partial charge in [0.05, 0.1) is 18.7 Å². The Bertz CT molecular complexity index is 959. The molecule has 0 radical (unpaired) electrons. The van der Waals surface area contributed by atoms with Crippen LogP contribution in [0.4, 0.5) is 14.5 Å². The number of allylic oxidation sites excluding steroid dienone is 1. The Morgan fingerprint density at radius 1 is 1.15 bits per heavy atom. The van der Waals surface area contributed by atoms with E-state index in [2.05, 4.69) is 5.32 Å². The fraction of sp³-hybridized carbons (Fsp3) is 0.200. The van der Waals surface area contributed by atoms with Crippen molar-refractivity contribution in [3.63, 3.8) is 0 Å². The number of nitrogens with zero attached hydrogens (tertiary/aromatic N) is 1. The first-order valence-electron chi connectivity index (χ1n) is 8.24. The molecule has 2 aromatic rings. The number of halogens is 2. The molecule has 0 spiro atoms. The lowest BCUT2D eigenvalue weighted by atomic mass is 9.94. The number of hydrogen-bond donors (Lipinski definition) is 1. The molecule has 0 aromatic heterocycles. The largest absolute Gasteiger partial charge is 0.466 e. The molecule has 140 valence electrons. The highest BCUT2D eigenvalue weighted by molar-refractivity contribution is 7.80. The Balaban J connectivity index is 2.15. The number of hydrogen-bond acceptors (Lipinski definition) is 3. The summed E-state index contributed by atoms with van der Waals surface area (Å²) in [4.78, 5) is 14.2. The highest BCUT2D eigenvalue weighted by Crippen LogP contribution is 2.34. The van der Waals surface area contributed by atoms with E-state index in [1.54, 1.807) is 11.8 Å². The van der Waals surface area contributed by atoms with Gasteiger partial charge in [-0.25, -0.2) is 13.6 Å². The van der Waals surface area contributed by atoms with Gasteiger partial charge in [0.2, 0.25) is 0 Å². The summed E-state index contributed by atoms with van der Waals surface area (Å²) in [6, 6.07) is 10.4. The number of benzene rings is 2.